The number of carbonyl (C=O) groups is 2. The predicted molar refractivity (Wildman–Crippen MR) is 87.8 cm³/mol. The van der Waals surface area contributed by atoms with Crippen molar-refractivity contribution in [2.24, 2.45) is 5.41 Å². The average Bonchev–Trinajstić information content (AvgIpc) is 3.02. The molecule has 2 amide bonds. The maximum absolute atomic E-state index is 12.4. The minimum absolute atomic E-state index is 0.0750. The Hall–Kier alpha value is -1.55. The number of carbonyl (C=O) groups excluding carboxylic acids is 2. The fraction of sp³-hybridized carbons (Fsp3) is 0.529. The Bertz CT molecular complexity index is 534. The average molecular weight is 323 g/mol. The minimum atomic E-state index is -1.01. The molecule has 1 fully saturated rings. The molecule has 1 N–H and O–H groups in total. The smallest absolute Gasteiger partial charge is 0.237 e. The summed E-state index contributed by atoms with van der Waals surface area (Å²) in [6, 6.07) is 7.54. The van der Waals surface area contributed by atoms with E-state index >= 15 is 0 Å². The lowest BCUT2D eigenvalue weighted by molar-refractivity contribution is -0.147. The van der Waals surface area contributed by atoms with Crippen LogP contribution in [0.1, 0.15) is 32.3 Å². The zero-order valence-corrected chi connectivity index (χ0v) is 13.9. The fourth-order valence-corrected chi connectivity index (χ4v) is 2.73. The van der Waals surface area contributed by atoms with Crippen LogP contribution in [0.25, 0.3) is 0 Å². The minimum Gasteiger partial charge on any atom is -0.355 e. The summed E-state index contributed by atoms with van der Waals surface area (Å²) in [6.07, 6.45) is 2.77. The van der Waals surface area contributed by atoms with E-state index in [2.05, 4.69) is 5.32 Å². The van der Waals surface area contributed by atoms with Gasteiger partial charge in [0.25, 0.3) is 0 Å². The second kappa shape index (κ2) is 7.14. The number of rotatable bonds is 5. The number of nitrogens with one attached hydrogen (secondary N) is 1. The van der Waals surface area contributed by atoms with E-state index in [1.165, 1.54) is 0 Å². The first-order valence-corrected chi connectivity index (χ1v) is 8.11. The van der Waals surface area contributed by atoms with Gasteiger partial charge >= 0.3 is 0 Å². The topological polar surface area (TPSA) is 49.4 Å². The van der Waals surface area contributed by atoms with Gasteiger partial charge in [-0.1, -0.05) is 23.7 Å². The van der Waals surface area contributed by atoms with E-state index in [1.807, 2.05) is 24.3 Å². The van der Waals surface area contributed by atoms with Crippen LogP contribution < -0.4 is 5.32 Å². The molecule has 1 aliphatic rings. The lowest BCUT2D eigenvalue weighted by Crippen LogP contribution is -2.49. The van der Waals surface area contributed by atoms with Gasteiger partial charge in [-0.05, 0) is 50.8 Å². The molecule has 0 atom stereocenters. The van der Waals surface area contributed by atoms with Crippen molar-refractivity contribution in [2.75, 3.05) is 19.6 Å². The van der Waals surface area contributed by atoms with Crippen LogP contribution in [0.15, 0.2) is 24.3 Å². The lowest BCUT2D eigenvalue weighted by atomic mass is 9.90. The molecule has 4 nitrogen and oxygen atoms in total. The molecular formula is C17H23ClN2O2. The van der Waals surface area contributed by atoms with Crippen molar-refractivity contribution in [1.29, 1.82) is 0 Å². The monoisotopic (exact) mass is 322 g/mol. The van der Waals surface area contributed by atoms with Crippen LogP contribution in [0.2, 0.25) is 5.02 Å². The lowest BCUT2D eigenvalue weighted by Gasteiger charge is -2.28. The number of hydrogen-bond acceptors (Lipinski definition) is 2. The molecule has 0 unspecified atom stereocenters. The highest BCUT2D eigenvalue weighted by molar-refractivity contribution is 6.30. The van der Waals surface area contributed by atoms with Gasteiger partial charge in [-0.3, -0.25) is 9.59 Å². The summed E-state index contributed by atoms with van der Waals surface area (Å²) in [4.78, 5) is 26.5. The van der Waals surface area contributed by atoms with Crippen molar-refractivity contribution in [1.82, 2.24) is 10.2 Å². The summed E-state index contributed by atoms with van der Waals surface area (Å²) >= 11 is 5.84. The second-order valence-corrected chi connectivity index (χ2v) is 6.69. The fourth-order valence-electron chi connectivity index (χ4n) is 2.61. The second-order valence-electron chi connectivity index (χ2n) is 6.26. The van der Waals surface area contributed by atoms with Gasteiger partial charge in [-0.25, -0.2) is 0 Å². The van der Waals surface area contributed by atoms with Crippen LogP contribution >= 0.6 is 11.6 Å². The van der Waals surface area contributed by atoms with Crippen LogP contribution in [0.3, 0.4) is 0 Å². The molecule has 0 spiro atoms. The number of hydrogen-bond donors (Lipinski definition) is 1. The molecule has 1 aliphatic heterocycles. The quantitative estimate of drug-likeness (QED) is 0.847. The van der Waals surface area contributed by atoms with Crippen LogP contribution in [0, 0.1) is 5.41 Å². The van der Waals surface area contributed by atoms with Gasteiger partial charge in [0.15, 0.2) is 0 Å². The van der Waals surface area contributed by atoms with Crippen LogP contribution in [0.4, 0.5) is 0 Å². The van der Waals surface area contributed by atoms with Crippen molar-refractivity contribution in [3.05, 3.63) is 34.9 Å². The zero-order valence-electron chi connectivity index (χ0n) is 13.2. The first-order chi connectivity index (χ1) is 10.4. The molecule has 0 radical (unpaired) electrons. The van der Waals surface area contributed by atoms with Crippen LogP contribution in [-0.4, -0.2) is 36.3 Å². The van der Waals surface area contributed by atoms with E-state index in [0.29, 0.717) is 11.6 Å². The van der Waals surface area contributed by atoms with Gasteiger partial charge < -0.3 is 10.2 Å². The van der Waals surface area contributed by atoms with Gasteiger partial charge in [0.2, 0.25) is 11.8 Å². The third kappa shape index (κ3) is 4.01. The maximum Gasteiger partial charge on any atom is 0.237 e. The SMILES string of the molecule is CC(C)(C(=O)NCCc1ccc(Cl)cc1)C(=O)N1CCCC1. The largest absolute Gasteiger partial charge is 0.355 e. The molecule has 1 heterocycles. The van der Waals surface area contributed by atoms with Gasteiger partial charge in [0, 0.05) is 24.7 Å². The summed E-state index contributed by atoms with van der Waals surface area (Å²) in [6.45, 7) is 5.44. The predicted octanol–water partition coefficient (Wildman–Crippen LogP) is 2.65. The molecule has 0 aromatic heterocycles. The Kier molecular flexibility index (Phi) is 5.46. The Balaban J connectivity index is 1.84. The Morgan fingerprint density at radius 3 is 2.36 bits per heavy atom. The van der Waals surface area contributed by atoms with E-state index in [1.54, 1.807) is 18.7 Å². The van der Waals surface area contributed by atoms with Crippen molar-refractivity contribution >= 4 is 23.4 Å². The number of likely N-dealkylation sites (tertiary alicyclic amines) is 1. The molecule has 0 aliphatic carbocycles. The third-order valence-electron chi connectivity index (χ3n) is 4.11. The summed E-state index contributed by atoms with van der Waals surface area (Å²) in [5, 5.41) is 3.57. The molecule has 0 bridgehead atoms. The molecular weight excluding hydrogens is 300 g/mol. The number of amides is 2. The highest BCUT2D eigenvalue weighted by Gasteiger charge is 2.39. The molecule has 1 aromatic carbocycles. The first kappa shape index (κ1) is 16.8. The zero-order chi connectivity index (χ0) is 16.2. The summed E-state index contributed by atoms with van der Waals surface area (Å²) in [5.41, 5.74) is 0.0954. The molecule has 1 aromatic rings. The summed E-state index contributed by atoms with van der Waals surface area (Å²) < 4.78 is 0. The summed E-state index contributed by atoms with van der Waals surface area (Å²) in [5.74, 6) is -0.285. The van der Waals surface area contributed by atoms with Gasteiger partial charge in [-0.2, -0.15) is 0 Å². The standard InChI is InChI=1S/C17H23ClN2O2/c1-17(2,16(22)20-11-3-4-12-20)15(21)19-10-9-13-5-7-14(18)8-6-13/h5-8H,3-4,9-12H2,1-2H3,(H,19,21). The maximum atomic E-state index is 12.4. The van der Waals surface area contributed by atoms with Crippen molar-refractivity contribution in [3.8, 4) is 0 Å². The first-order valence-electron chi connectivity index (χ1n) is 7.73. The van der Waals surface area contributed by atoms with Crippen molar-refractivity contribution in [2.45, 2.75) is 33.1 Å². The highest BCUT2D eigenvalue weighted by Crippen LogP contribution is 2.22. The van der Waals surface area contributed by atoms with E-state index in [-0.39, 0.29) is 11.8 Å². The molecule has 120 valence electrons. The van der Waals surface area contributed by atoms with E-state index in [9.17, 15) is 9.59 Å². The Labute approximate surface area is 136 Å². The number of benzene rings is 1. The number of halogens is 1. The normalized spacial score (nSPS) is 15.0. The van der Waals surface area contributed by atoms with E-state index < -0.39 is 5.41 Å². The van der Waals surface area contributed by atoms with E-state index in [0.717, 1.165) is 37.9 Å². The molecule has 5 heteroatoms. The van der Waals surface area contributed by atoms with Crippen LogP contribution in [0.5, 0.6) is 0 Å². The molecule has 2 rings (SSSR count). The third-order valence-corrected chi connectivity index (χ3v) is 4.36. The van der Waals surface area contributed by atoms with Gasteiger partial charge in [0.1, 0.15) is 5.41 Å². The molecule has 22 heavy (non-hydrogen) atoms. The Morgan fingerprint density at radius 2 is 1.77 bits per heavy atom. The van der Waals surface area contributed by atoms with E-state index in [4.69, 9.17) is 11.6 Å². The van der Waals surface area contributed by atoms with Gasteiger partial charge in [0.05, 0.1) is 0 Å². The van der Waals surface area contributed by atoms with Crippen molar-refractivity contribution < 1.29 is 9.59 Å². The van der Waals surface area contributed by atoms with Crippen LogP contribution in [-0.2, 0) is 16.0 Å². The number of nitrogens with zero attached hydrogens (tertiary/aromatic N) is 1. The summed E-state index contributed by atoms with van der Waals surface area (Å²) in [7, 11) is 0. The molecule has 1 saturated heterocycles. The van der Waals surface area contributed by atoms with Crippen molar-refractivity contribution in [3.63, 3.8) is 0 Å². The highest BCUT2D eigenvalue weighted by atomic mass is 35.5. The Morgan fingerprint density at radius 1 is 1.18 bits per heavy atom. The van der Waals surface area contributed by atoms with Gasteiger partial charge in [-0.15, -0.1) is 0 Å². The molecule has 0 saturated carbocycles.